The van der Waals surface area contributed by atoms with Gasteiger partial charge in [-0.15, -0.1) is 11.6 Å². The fourth-order valence-corrected chi connectivity index (χ4v) is 1.32. The summed E-state index contributed by atoms with van der Waals surface area (Å²) in [6.45, 7) is 2.15. The maximum atomic E-state index is 11.7. The predicted molar refractivity (Wildman–Crippen MR) is 61.7 cm³/mol. The summed E-state index contributed by atoms with van der Waals surface area (Å²) in [6, 6.07) is 8.45. The van der Waals surface area contributed by atoms with E-state index in [9.17, 15) is 9.59 Å². The second kappa shape index (κ2) is 6.28. The number of carbonyl (C=O) groups excluding carboxylic acids is 2. The topological polar surface area (TPSA) is 43.4 Å². The largest absolute Gasteiger partial charge is 0.464 e. The molecule has 86 valence electrons. The summed E-state index contributed by atoms with van der Waals surface area (Å²) in [4.78, 5) is 23.1. The second-order valence-corrected chi connectivity index (χ2v) is 3.70. The fourth-order valence-electron chi connectivity index (χ4n) is 1.13. The third-order valence-corrected chi connectivity index (χ3v) is 2.32. The van der Waals surface area contributed by atoms with Crippen molar-refractivity contribution in [1.82, 2.24) is 0 Å². The van der Waals surface area contributed by atoms with Crippen LogP contribution in [-0.2, 0) is 9.53 Å². The number of carbonyl (C=O) groups is 2. The zero-order chi connectivity index (χ0) is 12.0. The third-order valence-electron chi connectivity index (χ3n) is 1.94. The lowest BCUT2D eigenvalue weighted by molar-refractivity contribution is -0.142. The minimum Gasteiger partial charge on any atom is -0.464 e. The molecule has 0 aliphatic rings. The summed E-state index contributed by atoms with van der Waals surface area (Å²) in [7, 11) is 0. The number of hydrogen-bond acceptors (Lipinski definition) is 3. The summed E-state index contributed by atoms with van der Waals surface area (Å²) >= 11 is 5.73. The lowest BCUT2D eigenvalue weighted by Gasteiger charge is -2.08. The second-order valence-electron chi connectivity index (χ2n) is 3.26. The third kappa shape index (κ3) is 3.35. The van der Waals surface area contributed by atoms with Gasteiger partial charge >= 0.3 is 5.97 Å². The minimum absolute atomic E-state index is 0.282. The Morgan fingerprint density at radius 2 is 1.94 bits per heavy atom. The number of ketones is 1. The highest BCUT2D eigenvalue weighted by molar-refractivity contribution is 6.43. The van der Waals surface area contributed by atoms with Crippen LogP contribution in [-0.4, -0.2) is 23.7 Å². The molecule has 0 saturated carbocycles. The van der Waals surface area contributed by atoms with E-state index in [0.717, 1.165) is 0 Å². The minimum atomic E-state index is -1.26. The van der Waals surface area contributed by atoms with Gasteiger partial charge in [-0.3, -0.25) is 4.79 Å². The molecule has 0 bridgehead atoms. The van der Waals surface area contributed by atoms with Crippen LogP contribution < -0.4 is 0 Å². The predicted octanol–water partition coefficient (Wildman–Crippen LogP) is 2.43. The Morgan fingerprint density at radius 1 is 1.31 bits per heavy atom. The molecular weight excluding hydrogens is 228 g/mol. The fraction of sp³-hybridized carbons (Fsp3) is 0.333. The number of rotatable bonds is 5. The van der Waals surface area contributed by atoms with Crippen LogP contribution in [0.15, 0.2) is 30.3 Å². The highest BCUT2D eigenvalue weighted by atomic mass is 35.5. The van der Waals surface area contributed by atoms with Gasteiger partial charge in [-0.2, -0.15) is 0 Å². The molecule has 0 fully saturated rings. The van der Waals surface area contributed by atoms with Gasteiger partial charge in [0.1, 0.15) is 0 Å². The molecule has 1 rings (SSSR count). The van der Waals surface area contributed by atoms with E-state index < -0.39 is 17.1 Å². The van der Waals surface area contributed by atoms with Crippen molar-refractivity contribution in [2.75, 3.05) is 6.61 Å². The number of halogens is 1. The van der Waals surface area contributed by atoms with Gasteiger partial charge in [0.15, 0.2) is 11.2 Å². The van der Waals surface area contributed by atoms with Crippen LogP contribution in [0, 0.1) is 0 Å². The molecule has 0 aromatic heterocycles. The standard InChI is InChI=1S/C12H13ClO3/c1-2-8-16-12(15)10(13)11(14)9-6-4-3-5-7-9/h3-7,10H,2,8H2,1H3. The van der Waals surface area contributed by atoms with Crippen molar-refractivity contribution in [2.24, 2.45) is 0 Å². The Kier molecular flexibility index (Phi) is 4.99. The lowest BCUT2D eigenvalue weighted by atomic mass is 10.1. The van der Waals surface area contributed by atoms with E-state index in [4.69, 9.17) is 16.3 Å². The van der Waals surface area contributed by atoms with Crippen LogP contribution in [0.5, 0.6) is 0 Å². The molecule has 0 radical (unpaired) electrons. The first-order valence-electron chi connectivity index (χ1n) is 5.06. The van der Waals surface area contributed by atoms with Gasteiger partial charge in [-0.1, -0.05) is 37.3 Å². The van der Waals surface area contributed by atoms with Gasteiger partial charge in [0.25, 0.3) is 0 Å². The van der Waals surface area contributed by atoms with Crippen molar-refractivity contribution >= 4 is 23.4 Å². The van der Waals surface area contributed by atoms with Crippen LogP contribution in [0.4, 0.5) is 0 Å². The van der Waals surface area contributed by atoms with Gasteiger partial charge < -0.3 is 4.74 Å². The molecule has 0 saturated heterocycles. The zero-order valence-corrected chi connectivity index (χ0v) is 9.74. The molecule has 16 heavy (non-hydrogen) atoms. The summed E-state index contributed by atoms with van der Waals surface area (Å²) in [6.07, 6.45) is 0.703. The Hall–Kier alpha value is -1.35. The lowest BCUT2D eigenvalue weighted by Crippen LogP contribution is -2.27. The van der Waals surface area contributed by atoms with Gasteiger partial charge in [0, 0.05) is 5.56 Å². The van der Waals surface area contributed by atoms with Gasteiger partial charge in [0.05, 0.1) is 6.61 Å². The summed E-state index contributed by atoms with van der Waals surface area (Å²) in [5.41, 5.74) is 0.413. The average molecular weight is 241 g/mol. The molecule has 0 heterocycles. The van der Waals surface area contributed by atoms with Crippen molar-refractivity contribution in [1.29, 1.82) is 0 Å². The smallest absolute Gasteiger partial charge is 0.332 e. The van der Waals surface area contributed by atoms with Crippen molar-refractivity contribution in [2.45, 2.75) is 18.7 Å². The van der Waals surface area contributed by atoms with Crippen LogP contribution in [0.2, 0.25) is 0 Å². The molecule has 4 heteroatoms. The Labute approximate surface area is 99.4 Å². The number of Topliss-reactive ketones (excluding diaryl/α,β-unsaturated/α-hetero) is 1. The highest BCUT2D eigenvalue weighted by Crippen LogP contribution is 2.10. The van der Waals surface area contributed by atoms with E-state index in [0.29, 0.717) is 12.0 Å². The monoisotopic (exact) mass is 240 g/mol. The summed E-state index contributed by atoms with van der Waals surface area (Å²) < 4.78 is 4.80. The molecule has 0 aliphatic carbocycles. The van der Waals surface area contributed by atoms with Crippen LogP contribution in [0.1, 0.15) is 23.7 Å². The Balaban J connectivity index is 2.64. The highest BCUT2D eigenvalue weighted by Gasteiger charge is 2.26. The molecule has 1 aromatic carbocycles. The molecule has 1 atom stereocenters. The van der Waals surface area contributed by atoms with Gasteiger partial charge in [0.2, 0.25) is 0 Å². The number of alkyl halides is 1. The van der Waals surface area contributed by atoms with E-state index >= 15 is 0 Å². The first-order chi connectivity index (χ1) is 7.66. The number of ether oxygens (including phenoxy) is 1. The number of hydrogen-bond donors (Lipinski definition) is 0. The summed E-state index contributed by atoms with van der Waals surface area (Å²) in [5, 5.41) is -1.26. The Morgan fingerprint density at radius 3 is 2.50 bits per heavy atom. The average Bonchev–Trinajstić information content (AvgIpc) is 2.35. The molecule has 0 amide bonds. The van der Waals surface area contributed by atoms with E-state index in [2.05, 4.69) is 0 Å². The maximum Gasteiger partial charge on any atom is 0.332 e. The maximum absolute atomic E-state index is 11.7. The molecule has 0 aliphatic heterocycles. The van der Waals surface area contributed by atoms with Gasteiger partial charge in [-0.25, -0.2) is 4.79 Å². The zero-order valence-electron chi connectivity index (χ0n) is 8.98. The van der Waals surface area contributed by atoms with Crippen molar-refractivity contribution < 1.29 is 14.3 Å². The van der Waals surface area contributed by atoms with Crippen LogP contribution in [0.25, 0.3) is 0 Å². The van der Waals surface area contributed by atoms with E-state index in [-0.39, 0.29) is 6.61 Å². The quantitative estimate of drug-likeness (QED) is 0.344. The van der Waals surface area contributed by atoms with Crippen LogP contribution >= 0.6 is 11.6 Å². The van der Waals surface area contributed by atoms with Crippen molar-refractivity contribution in [3.63, 3.8) is 0 Å². The van der Waals surface area contributed by atoms with Crippen LogP contribution in [0.3, 0.4) is 0 Å². The summed E-state index contributed by atoms with van der Waals surface area (Å²) in [5.74, 6) is -1.11. The van der Waals surface area contributed by atoms with E-state index in [1.807, 2.05) is 6.92 Å². The molecular formula is C12H13ClO3. The SMILES string of the molecule is CCCOC(=O)C(Cl)C(=O)c1ccccc1. The Bertz CT molecular complexity index is 362. The van der Waals surface area contributed by atoms with E-state index in [1.54, 1.807) is 30.3 Å². The van der Waals surface area contributed by atoms with Gasteiger partial charge in [-0.05, 0) is 6.42 Å². The molecule has 0 spiro atoms. The first-order valence-corrected chi connectivity index (χ1v) is 5.50. The molecule has 0 N–H and O–H groups in total. The molecule has 1 aromatic rings. The number of esters is 1. The van der Waals surface area contributed by atoms with Crippen molar-refractivity contribution in [3.8, 4) is 0 Å². The first kappa shape index (κ1) is 12.7. The molecule has 1 unspecified atom stereocenters. The van der Waals surface area contributed by atoms with Crippen molar-refractivity contribution in [3.05, 3.63) is 35.9 Å². The van der Waals surface area contributed by atoms with E-state index in [1.165, 1.54) is 0 Å². The number of benzene rings is 1. The molecule has 3 nitrogen and oxygen atoms in total. The normalized spacial score (nSPS) is 11.9.